The van der Waals surface area contributed by atoms with E-state index in [0.717, 1.165) is 30.8 Å². The SMILES string of the molecule is C#Cc1ccc([C@@H]2C=C(C(=O)N3CCN(Cc4ccccc4)CC3)O[C@H](OCCN(CCO)S(=O)(=O)c3ccc(OC)cc3)C2)cc1. The third-order valence-corrected chi connectivity index (χ3v) is 10.3. The van der Waals surface area contributed by atoms with E-state index in [1.807, 2.05) is 48.5 Å². The molecule has 10 nitrogen and oxygen atoms in total. The Bertz CT molecular complexity index is 1650. The molecule has 0 bridgehead atoms. The number of rotatable bonds is 13. The van der Waals surface area contributed by atoms with Crippen LogP contribution in [0.4, 0.5) is 0 Å². The van der Waals surface area contributed by atoms with Gasteiger partial charge in [0.05, 0.1) is 25.2 Å². The molecule has 2 aliphatic rings. The number of carbonyl (C=O) groups is 1. The lowest BCUT2D eigenvalue weighted by Crippen LogP contribution is -2.49. The number of allylic oxidation sites excluding steroid dienone is 1. The smallest absolute Gasteiger partial charge is 0.288 e. The number of aliphatic hydroxyl groups excluding tert-OH is 1. The molecule has 1 N–H and O–H groups in total. The van der Waals surface area contributed by atoms with Gasteiger partial charge >= 0.3 is 0 Å². The maximum absolute atomic E-state index is 13.8. The molecule has 1 fully saturated rings. The summed E-state index contributed by atoms with van der Waals surface area (Å²) in [6, 6.07) is 23.9. The van der Waals surface area contributed by atoms with Crippen molar-refractivity contribution in [2.75, 3.05) is 59.6 Å². The maximum atomic E-state index is 13.8. The Labute approximate surface area is 277 Å². The summed E-state index contributed by atoms with van der Waals surface area (Å²) in [5, 5.41) is 9.63. The summed E-state index contributed by atoms with van der Waals surface area (Å²) in [4.78, 5) is 18.0. The minimum Gasteiger partial charge on any atom is -0.497 e. The number of hydrogen-bond donors (Lipinski definition) is 1. The first kappa shape index (κ1) is 34.2. The first-order valence-corrected chi connectivity index (χ1v) is 17.1. The fourth-order valence-corrected chi connectivity index (χ4v) is 7.14. The second-order valence-electron chi connectivity index (χ2n) is 11.4. The molecule has 0 aromatic heterocycles. The van der Waals surface area contributed by atoms with Crippen molar-refractivity contribution in [3.05, 3.63) is 107 Å². The highest BCUT2D eigenvalue weighted by Gasteiger charge is 2.33. The molecular formula is C36H41N3O7S. The molecule has 2 heterocycles. The molecule has 0 spiro atoms. The number of hydrogen-bond acceptors (Lipinski definition) is 8. The number of piperazine rings is 1. The van der Waals surface area contributed by atoms with E-state index < -0.39 is 16.3 Å². The highest BCUT2D eigenvalue weighted by Crippen LogP contribution is 2.32. The standard InChI is InChI=1S/C36H41N3O7S/c1-3-28-9-11-30(12-10-28)31-25-34(36(41)38-19-17-37(18-20-38)27-29-7-5-4-6-8-29)46-35(26-31)45-24-22-39(21-23-40)47(42,43)33-15-13-32(44-2)14-16-33/h1,4-16,25,31,35,40H,17-24,26-27H2,2H3/t31-,35+/m1/s1. The molecule has 5 rings (SSSR count). The molecule has 1 amide bonds. The second-order valence-corrected chi connectivity index (χ2v) is 13.4. The molecule has 3 aromatic rings. The summed E-state index contributed by atoms with van der Waals surface area (Å²) in [5.41, 5.74) is 2.95. The predicted octanol–water partition coefficient (Wildman–Crippen LogP) is 3.43. The van der Waals surface area contributed by atoms with Gasteiger partial charge in [0.25, 0.3) is 5.91 Å². The zero-order chi connectivity index (χ0) is 33.2. The molecule has 248 valence electrons. The van der Waals surface area contributed by atoms with Crippen molar-refractivity contribution in [1.82, 2.24) is 14.1 Å². The van der Waals surface area contributed by atoms with Gasteiger partial charge in [0, 0.05) is 63.7 Å². The summed E-state index contributed by atoms with van der Waals surface area (Å²) in [6.45, 7) is 2.96. The molecule has 11 heteroatoms. The van der Waals surface area contributed by atoms with Crippen LogP contribution >= 0.6 is 0 Å². The van der Waals surface area contributed by atoms with Crippen LogP contribution in [0.15, 0.2) is 95.6 Å². The average Bonchev–Trinajstić information content (AvgIpc) is 3.11. The molecule has 1 saturated heterocycles. The Balaban J connectivity index is 1.25. The number of sulfonamides is 1. The largest absolute Gasteiger partial charge is 0.497 e. The monoisotopic (exact) mass is 659 g/mol. The van der Waals surface area contributed by atoms with E-state index in [-0.39, 0.29) is 48.8 Å². The number of ether oxygens (including phenoxy) is 3. The van der Waals surface area contributed by atoms with E-state index in [1.54, 1.807) is 17.0 Å². The summed E-state index contributed by atoms with van der Waals surface area (Å²) in [7, 11) is -2.41. The third kappa shape index (κ3) is 8.80. The number of nitrogens with zero attached hydrogens (tertiary/aromatic N) is 3. The van der Waals surface area contributed by atoms with Gasteiger partial charge in [0.15, 0.2) is 5.76 Å². The molecule has 47 heavy (non-hydrogen) atoms. The zero-order valence-corrected chi connectivity index (χ0v) is 27.3. The Kier molecular flexibility index (Phi) is 11.7. The summed E-state index contributed by atoms with van der Waals surface area (Å²) in [5.74, 6) is 2.98. The molecule has 0 aliphatic carbocycles. The molecule has 2 atom stereocenters. The summed E-state index contributed by atoms with van der Waals surface area (Å²) < 4.78 is 45.2. The average molecular weight is 660 g/mol. The topological polar surface area (TPSA) is 109 Å². The Morgan fingerprint density at radius 3 is 2.34 bits per heavy atom. The van der Waals surface area contributed by atoms with Crippen molar-refractivity contribution in [3.8, 4) is 18.1 Å². The van der Waals surface area contributed by atoms with Crippen LogP contribution in [0.2, 0.25) is 0 Å². The number of benzene rings is 3. The van der Waals surface area contributed by atoms with Gasteiger partial charge in [-0.15, -0.1) is 6.42 Å². The van der Waals surface area contributed by atoms with Crippen LogP contribution in [-0.2, 0) is 30.8 Å². The number of aliphatic hydroxyl groups is 1. The van der Waals surface area contributed by atoms with E-state index in [4.69, 9.17) is 20.6 Å². The minimum absolute atomic E-state index is 0.0115. The molecule has 3 aromatic carbocycles. The zero-order valence-electron chi connectivity index (χ0n) is 26.5. The van der Waals surface area contributed by atoms with E-state index in [2.05, 4.69) is 23.0 Å². The number of methoxy groups -OCH3 is 1. The number of amides is 1. The van der Waals surface area contributed by atoms with Crippen molar-refractivity contribution in [1.29, 1.82) is 0 Å². The quantitative estimate of drug-likeness (QED) is 0.278. The fourth-order valence-electron chi connectivity index (χ4n) is 5.72. The lowest BCUT2D eigenvalue weighted by atomic mass is 9.92. The second kappa shape index (κ2) is 16.1. The van der Waals surface area contributed by atoms with Crippen molar-refractivity contribution >= 4 is 15.9 Å². The van der Waals surface area contributed by atoms with Crippen molar-refractivity contribution < 1.29 is 32.5 Å². The predicted molar refractivity (Wildman–Crippen MR) is 178 cm³/mol. The normalized spacial score (nSPS) is 18.7. The van der Waals surface area contributed by atoms with Crippen molar-refractivity contribution in [2.45, 2.75) is 30.1 Å². The van der Waals surface area contributed by atoms with Crippen LogP contribution in [0.3, 0.4) is 0 Å². The fraction of sp³-hybridized carbons (Fsp3) is 0.361. The van der Waals surface area contributed by atoms with Crippen LogP contribution in [0.5, 0.6) is 5.75 Å². The number of terminal acetylenes is 1. The van der Waals surface area contributed by atoms with Crippen LogP contribution in [0.1, 0.15) is 29.0 Å². The maximum Gasteiger partial charge on any atom is 0.288 e. The molecule has 0 radical (unpaired) electrons. The lowest BCUT2D eigenvalue weighted by Gasteiger charge is -2.36. The minimum atomic E-state index is -3.91. The lowest BCUT2D eigenvalue weighted by molar-refractivity contribution is -0.154. The summed E-state index contributed by atoms with van der Waals surface area (Å²) in [6.07, 6.45) is 7.02. The van der Waals surface area contributed by atoms with E-state index >= 15 is 0 Å². The molecular weight excluding hydrogens is 618 g/mol. The Morgan fingerprint density at radius 2 is 1.70 bits per heavy atom. The van der Waals surface area contributed by atoms with Crippen LogP contribution < -0.4 is 4.74 Å². The van der Waals surface area contributed by atoms with Gasteiger partial charge in [-0.25, -0.2) is 8.42 Å². The molecule has 0 saturated carbocycles. The van der Waals surface area contributed by atoms with Gasteiger partial charge in [-0.1, -0.05) is 48.4 Å². The van der Waals surface area contributed by atoms with Gasteiger partial charge in [0.2, 0.25) is 16.3 Å². The van der Waals surface area contributed by atoms with Crippen LogP contribution in [0.25, 0.3) is 0 Å². The van der Waals surface area contributed by atoms with Gasteiger partial charge in [-0.05, 0) is 53.6 Å². The van der Waals surface area contributed by atoms with E-state index in [1.165, 1.54) is 29.1 Å². The van der Waals surface area contributed by atoms with Gasteiger partial charge in [0.1, 0.15) is 5.75 Å². The van der Waals surface area contributed by atoms with Gasteiger partial charge in [-0.2, -0.15) is 4.31 Å². The van der Waals surface area contributed by atoms with Crippen LogP contribution in [-0.4, -0.2) is 99.4 Å². The highest BCUT2D eigenvalue weighted by atomic mass is 32.2. The highest BCUT2D eigenvalue weighted by molar-refractivity contribution is 7.89. The Hall–Kier alpha value is -4.18. The first-order valence-electron chi connectivity index (χ1n) is 15.7. The first-order chi connectivity index (χ1) is 22.8. The Morgan fingerprint density at radius 1 is 1.00 bits per heavy atom. The van der Waals surface area contributed by atoms with Crippen LogP contribution in [0, 0.1) is 12.3 Å². The van der Waals surface area contributed by atoms with Gasteiger partial charge < -0.3 is 24.2 Å². The van der Waals surface area contributed by atoms with Crippen molar-refractivity contribution in [2.24, 2.45) is 0 Å². The number of carbonyl (C=O) groups excluding carboxylic acids is 1. The van der Waals surface area contributed by atoms with E-state index in [9.17, 15) is 18.3 Å². The summed E-state index contributed by atoms with van der Waals surface area (Å²) >= 11 is 0. The van der Waals surface area contributed by atoms with Crippen molar-refractivity contribution in [3.63, 3.8) is 0 Å². The van der Waals surface area contributed by atoms with E-state index in [0.29, 0.717) is 25.3 Å². The molecule has 0 unspecified atom stereocenters. The third-order valence-electron chi connectivity index (χ3n) is 8.37. The van der Waals surface area contributed by atoms with Gasteiger partial charge in [-0.3, -0.25) is 9.69 Å². The molecule has 2 aliphatic heterocycles.